The summed E-state index contributed by atoms with van der Waals surface area (Å²) in [6, 6.07) is 17.1. The largest absolute Gasteiger partial charge is 1.00 e. The Morgan fingerprint density at radius 2 is 1.43 bits per heavy atom. The monoisotopic (exact) mass is 304 g/mol. The number of hydrogen-bond donors (Lipinski definition) is 1. The zero-order valence-corrected chi connectivity index (χ0v) is 13.5. The van der Waals surface area contributed by atoms with Gasteiger partial charge < -0.3 is 22.5 Å². The van der Waals surface area contributed by atoms with Crippen molar-refractivity contribution in [2.75, 3.05) is 13.7 Å². The quantitative estimate of drug-likeness (QED) is 0.756. The van der Waals surface area contributed by atoms with Crippen LogP contribution in [-0.2, 0) is 19.4 Å². The van der Waals surface area contributed by atoms with E-state index in [1.54, 1.807) is 7.11 Å². The maximum atomic E-state index is 5.16. The second-order valence-corrected chi connectivity index (χ2v) is 4.94. The van der Waals surface area contributed by atoms with Gasteiger partial charge in [0, 0.05) is 6.54 Å². The minimum absolute atomic E-state index is 0. The Morgan fingerprint density at radius 3 is 2.00 bits per heavy atom. The van der Waals surface area contributed by atoms with Crippen molar-refractivity contribution in [3.63, 3.8) is 0 Å². The van der Waals surface area contributed by atoms with Gasteiger partial charge >= 0.3 is 0 Å². The molecule has 0 aliphatic heterocycles. The molecule has 0 unspecified atom stereocenters. The molecule has 3 heteroatoms. The Balaban J connectivity index is 0.00000220. The third-order valence-corrected chi connectivity index (χ3v) is 3.51. The van der Waals surface area contributed by atoms with Crippen LogP contribution < -0.4 is 22.5 Å². The van der Waals surface area contributed by atoms with Crippen molar-refractivity contribution in [3.05, 3.63) is 65.2 Å². The molecule has 0 aliphatic rings. The van der Waals surface area contributed by atoms with Crippen LogP contribution in [0.3, 0.4) is 0 Å². The number of methoxy groups -OCH3 is 1. The second-order valence-electron chi connectivity index (χ2n) is 4.94. The fourth-order valence-electron chi connectivity index (χ4n) is 2.15. The molecule has 0 fully saturated rings. The molecule has 0 radical (unpaired) electrons. The van der Waals surface area contributed by atoms with Crippen molar-refractivity contribution in [2.24, 2.45) is 0 Å². The van der Waals surface area contributed by atoms with Crippen molar-refractivity contribution in [2.45, 2.75) is 26.3 Å². The number of aryl methyl sites for hydroxylation is 1. The molecule has 0 spiro atoms. The van der Waals surface area contributed by atoms with E-state index in [1.165, 1.54) is 16.7 Å². The van der Waals surface area contributed by atoms with E-state index in [4.69, 9.17) is 4.74 Å². The number of rotatable bonds is 7. The van der Waals surface area contributed by atoms with E-state index in [9.17, 15) is 0 Å². The third kappa shape index (κ3) is 5.78. The molecule has 2 rings (SSSR count). The van der Waals surface area contributed by atoms with Crippen LogP contribution in [0.2, 0.25) is 0 Å². The lowest BCUT2D eigenvalue weighted by Crippen LogP contribution is -3.00. The standard InChI is InChI=1S/C18H23NO.ClH/c1-3-15-4-6-17(7-5-15)14-19-13-12-16-8-10-18(20-2)11-9-16;/h4-11,19H,3,12-14H2,1-2H3;1H/p-1. The summed E-state index contributed by atoms with van der Waals surface area (Å²) < 4.78 is 5.16. The molecule has 0 saturated carbocycles. The summed E-state index contributed by atoms with van der Waals surface area (Å²) in [5.74, 6) is 0.915. The summed E-state index contributed by atoms with van der Waals surface area (Å²) in [6.07, 6.45) is 2.14. The fourth-order valence-corrected chi connectivity index (χ4v) is 2.15. The van der Waals surface area contributed by atoms with Crippen LogP contribution in [0.5, 0.6) is 5.75 Å². The third-order valence-electron chi connectivity index (χ3n) is 3.51. The lowest BCUT2D eigenvalue weighted by atomic mass is 10.1. The molecule has 114 valence electrons. The summed E-state index contributed by atoms with van der Waals surface area (Å²) in [6.45, 7) is 4.10. The van der Waals surface area contributed by atoms with Gasteiger partial charge in [0.05, 0.1) is 7.11 Å². The molecule has 0 bridgehead atoms. The van der Waals surface area contributed by atoms with Crippen molar-refractivity contribution in [3.8, 4) is 5.75 Å². The molecule has 0 saturated heterocycles. The van der Waals surface area contributed by atoms with Crippen molar-refractivity contribution < 1.29 is 17.1 Å². The van der Waals surface area contributed by atoms with Crippen LogP contribution in [0.15, 0.2) is 48.5 Å². The van der Waals surface area contributed by atoms with Crippen molar-refractivity contribution >= 4 is 0 Å². The van der Waals surface area contributed by atoms with Gasteiger partial charge in [-0.05, 0) is 48.2 Å². The SMILES string of the molecule is CCc1ccc(CNCCc2ccc(OC)cc2)cc1.[Cl-]. The average Bonchev–Trinajstić information content (AvgIpc) is 2.53. The van der Waals surface area contributed by atoms with E-state index in [1.807, 2.05) is 12.1 Å². The lowest BCUT2D eigenvalue weighted by Gasteiger charge is -2.07. The van der Waals surface area contributed by atoms with Crippen LogP contribution in [0.4, 0.5) is 0 Å². The fraction of sp³-hybridized carbons (Fsp3) is 0.333. The van der Waals surface area contributed by atoms with Crippen molar-refractivity contribution in [1.29, 1.82) is 0 Å². The predicted molar refractivity (Wildman–Crippen MR) is 84.2 cm³/mol. The highest BCUT2D eigenvalue weighted by Gasteiger charge is 1.96. The van der Waals surface area contributed by atoms with E-state index >= 15 is 0 Å². The first-order chi connectivity index (χ1) is 9.81. The first-order valence-electron chi connectivity index (χ1n) is 7.23. The lowest BCUT2D eigenvalue weighted by molar-refractivity contribution is -0.00000449. The summed E-state index contributed by atoms with van der Waals surface area (Å²) in [4.78, 5) is 0. The second kappa shape index (κ2) is 9.43. The van der Waals surface area contributed by atoms with Crippen LogP contribution in [0, 0.1) is 0 Å². The van der Waals surface area contributed by atoms with Crippen LogP contribution in [-0.4, -0.2) is 13.7 Å². The van der Waals surface area contributed by atoms with E-state index in [2.05, 4.69) is 48.6 Å². The van der Waals surface area contributed by atoms with Gasteiger partial charge in [0.15, 0.2) is 0 Å². The topological polar surface area (TPSA) is 21.3 Å². The molecule has 0 aliphatic carbocycles. The van der Waals surface area contributed by atoms with Gasteiger partial charge in [0.2, 0.25) is 0 Å². The Hall–Kier alpha value is -1.51. The van der Waals surface area contributed by atoms with Crippen molar-refractivity contribution in [1.82, 2.24) is 5.32 Å². The van der Waals surface area contributed by atoms with Gasteiger partial charge in [-0.3, -0.25) is 0 Å². The minimum Gasteiger partial charge on any atom is -1.00 e. The molecule has 0 heterocycles. The number of halogens is 1. The van der Waals surface area contributed by atoms with Crippen LogP contribution >= 0.6 is 0 Å². The van der Waals surface area contributed by atoms with Gasteiger partial charge in [-0.25, -0.2) is 0 Å². The van der Waals surface area contributed by atoms with E-state index in [-0.39, 0.29) is 12.4 Å². The summed E-state index contributed by atoms with van der Waals surface area (Å²) in [5, 5.41) is 3.48. The zero-order chi connectivity index (χ0) is 14.2. The number of benzene rings is 2. The normalized spacial score (nSPS) is 10.0. The van der Waals surface area contributed by atoms with Gasteiger partial charge in [-0.1, -0.05) is 43.3 Å². The highest BCUT2D eigenvalue weighted by atomic mass is 35.5. The maximum absolute atomic E-state index is 5.16. The Bertz CT molecular complexity index is 458. The Morgan fingerprint density at radius 1 is 0.857 bits per heavy atom. The molecule has 2 aromatic carbocycles. The minimum atomic E-state index is 0. The Kier molecular flexibility index (Phi) is 7.88. The van der Waals surface area contributed by atoms with Gasteiger partial charge in [-0.15, -0.1) is 0 Å². The summed E-state index contributed by atoms with van der Waals surface area (Å²) in [7, 11) is 1.69. The zero-order valence-electron chi connectivity index (χ0n) is 12.7. The molecule has 1 N–H and O–H groups in total. The molecule has 21 heavy (non-hydrogen) atoms. The van der Waals surface area contributed by atoms with E-state index in [0.29, 0.717) is 0 Å². The highest BCUT2D eigenvalue weighted by Crippen LogP contribution is 2.11. The molecule has 0 amide bonds. The molecule has 0 aromatic heterocycles. The number of nitrogens with one attached hydrogen (secondary N) is 1. The van der Waals surface area contributed by atoms with Gasteiger partial charge in [0.1, 0.15) is 5.75 Å². The van der Waals surface area contributed by atoms with E-state index < -0.39 is 0 Å². The van der Waals surface area contributed by atoms with Crippen LogP contribution in [0.25, 0.3) is 0 Å². The van der Waals surface area contributed by atoms with Crippen LogP contribution in [0.1, 0.15) is 23.6 Å². The van der Waals surface area contributed by atoms with E-state index in [0.717, 1.165) is 31.7 Å². The molecule has 2 aromatic rings. The number of ether oxygens (including phenoxy) is 1. The molecule has 0 atom stereocenters. The molecule has 2 nitrogen and oxygen atoms in total. The summed E-state index contributed by atoms with van der Waals surface area (Å²) >= 11 is 0. The molecular weight excluding hydrogens is 282 g/mol. The molecular formula is C18H23ClNO-. The number of hydrogen-bond acceptors (Lipinski definition) is 2. The highest BCUT2D eigenvalue weighted by molar-refractivity contribution is 5.27. The first-order valence-corrected chi connectivity index (χ1v) is 7.23. The summed E-state index contributed by atoms with van der Waals surface area (Å²) in [5.41, 5.74) is 4.07. The van der Waals surface area contributed by atoms with Gasteiger partial charge in [-0.2, -0.15) is 0 Å². The van der Waals surface area contributed by atoms with Gasteiger partial charge in [0.25, 0.3) is 0 Å². The predicted octanol–water partition coefficient (Wildman–Crippen LogP) is 0.594. The maximum Gasteiger partial charge on any atom is 0.118 e. The smallest absolute Gasteiger partial charge is 0.118 e. The first kappa shape index (κ1) is 17.5. The Labute approximate surface area is 133 Å². The average molecular weight is 305 g/mol.